The lowest BCUT2D eigenvalue weighted by atomic mass is 10.2. The summed E-state index contributed by atoms with van der Waals surface area (Å²) in [6.45, 7) is 1.19. The van der Waals surface area contributed by atoms with Crippen LogP contribution in [-0.4, -0.2) is 38.0 Å². The van der Waals surface area contributed by atoms with E-state index >= 15 is 0 Å². The Morgan fingerprint density at radius 3 is 2.77 bits per heavy atom. The fourth-order valence-corrected chi connectivity index (χ4v) is 4.98. The Bertz CT molecular complexity index is 1030. The summed E-state index contributed by atoms with van der Waals surface area (Å²) in [6.07, 6.45) is 0.613. The molecular formula is C18H20N2O4S2. The molecule has 3 rings (SSSR count). The normalized spacial score (nSPS) is 12.1. The number of aromatic nitrogens is 1. The van der Waals surface area contributed by atoms with Crippen molar-refractivity contribution in [2.24, 2.45) is 0 Å². The predicted molar refractivity (Wildman–Crippen MR) is 103 cm³/mol. The van der Waals surface area contributed by atoms with E-state index in [1.54, 1.807) is 25.3 Å². The smallest absolute Gasteiger partial charge is 0.248 e. The van der Waals surface area contributed by atoms with E-state index in [0.29, 0.717) is 37.0 Å². The van der Waals surface area contributed by atoms with Crippen LogP contribution >= 0.6 is 11.3 Å². The number of pyridine rings is 1. The predicted octanol–water partition coefficient (Wildman–Crippen LogP) is 2.82. The number of hydrogen-bond acceptors (Lipinski definition) is 5. The average Bonchev–Trinajstić information content (AvgIpc) is 3.13. The van der Waals surface area contributed by atoms with Crippen molar-refractivity contribution in [2.45, 2.75) is 17.9 Å². The number of fused-ring (bicyclic) bond motifs is 1. The number of methoxy groups -OCH3 is 1. The molecule has 0 saturated carbocycles. The second-order valence-corrected chi connectivity index (χ2v) is 8.81. The highest BCUT2D eigenvalue weighted by Gasteiger charge is 2.25. The van der Waals surface area contributed by atoms with Crippen LogP contribution in [-0.2, 0) is 21.3 Å². The number of rotatable bonds is 8. The summed E-state index contributed by atoms with van der Waals surface area (Å²) in [7, 11) is -2.07. The van der Waals surface area contributed by atoms with Gasteiger partial charge in [0, 0.05) is 43.3 Å². The van der Waals surface area contributed by atoms with Crippen LogP contribution in [0, 0.1) is 0 Å². The molecule has 26 heavy (non-hydrogen) atoms. The fraction of sp³-hybridized carbons (Fsp3) is 0.278. The summed E-state index contributed by atoms with van der Waals surface area (Å²) < 4.78 is 32.9. The van der Waals surface area contributed by atoms with Crippen LogP contribution in [0.15, 0.2) is 57.5 Å². The van der Waals surface area contributed by atoms with Gasteiger partial charge in [0.05, 0.1) is 4.90 Å². The van der Waals surface area contributed by atoms with Crippen LogP contribution < -0.4 is 5.56 Å². The van der Waals surface area contributed by atoms with E-state index in [-0.39, 0.29) is 10.5 Å². The summed E-state index contributed by atoms with van der Waals surface area (Å²) in [5.41, 5.74) is 0.396. The largest absolute Gasteiger partial charge is 0.385 e. The van der Waals surface area contributed by atoms with Crippen molar-refractivity contribution in [2.75, 3.05) is 20.3 Å². The lowest BCUT2D eigenvalue weighted by Crippen LogP contribution is -2.32. The van der Waals surface area contributed by atoms with Crippen LogP contribution in [0.4, 0.5) is 0 Å². The first-order valence-corrected chi connectivity index (χ1v) is 10.5. The monoisotopic (exact) mass is 392 g/mol. The van der Waals surface area contributed by atoms with E-state index in [2.05, 4.69) is 4.98 Å². The molecule has 0 unspecified atom stereocenters. The Morgan fingerprint density at radius 2 is 2.04 bits per heavy atom. The minimum Gasteiger partial charge on any atom is -0.385 e. The van der Waals surface area contributed by atoms with Gasteiger partial charge in [0.15, 0.2) is 0 Å². The third-order valence-corrected chi connectivity index (χ3v) is 6.70. The van der Waals surface area contributed by atoms with E-state index < -0.39 is 10.0 Å². The molecule has 0 aliphatic carbocycles. The van der Waals surface area contributed by atoms with Crippen molar-refractivity contribution in [3.63, 3.8) is 0 Å². The molecule has 2 aromatic heterocycles. The molecule has 0 radical (unpaired) electrons. The highest BCUT2D eigenvalue weighted by atomic mass is 32.2. The number of aromatic amines is 1. The third kappa shape index (κ3) is 4.21. The fourth-order valence-electron chi connectivity index (χ4n) is 2.69. The van der Waals surface area contributed by atoms with Gasteiger partial charge in [0.25, 0.3) is 0 Å². The van der Waals surface area contributed by atoms with Crippen LogP contribution in [0.3, 0.4) is 0 Å². The lowest BCUT2D eigenvalue weighted by molar-refractivity contribution is 0.187. The molecule has 8 heteroatoms. The van der Waals surface area contributed by atoms with Gasteiger partial charge < -0.3 is 9.72 Å². The molecule has 3 aromatic rings. The van der Waals surface area contributed by atoms with Crippen molar-refractivity contribution in [3.8, 4) is 0 Å². The number of ether oxygens (including phenoxy) is 1. The maximum absolute atomic E-state index is 13.2. The van der Waals surface area contributed by atoms with Gasteiger partial charge in [-0.25, -0.2) is 8.42 Å². The average molecular weight is 393 g/mol. The van der Waals surface area contributed by atoms with Gasteiger partial charge in [-0.3, -0.25) is 4.79 Å². The number of hydrogen-bond donors (Lipinski definition) is 1. The first kappa shape index (κ1) is 18.8. The van der Waals surface area contributed by atoms with Crippen LogP contribution in [0.1, 0.15) is 11.3 Å². The van der Waals surface area contributed by atoms with Crippen molar-refractivity contribution in [1.29, 1.82) is 0 Å². The molecule has 1 aromatic carbocycles. The third-order valence-electron chi connectivity index (χ3n) is 4.00. The van der Waals surface area contributed by atoms with Crippen LogP contribution in [0.25, 0.3) is 10.9 Å². The van der Waals surface area contributed by atoms with Crippen LogP contribution in [0.5, 0.6) is 0 Å². The second kappa shape index (κ2) is 8.13. The molecule has 0 aliphatic heterocycles. The molecular weight excluding hydrogens is 372 g/mol. The standard InChI is InChI=1S/C18H20N2O4S2/c1-24-10-3-9-20(13-15-4-2-11-25-15)26(22,23)16-6-7-17-14(12-16)5-8-18(21)19-17/h2,4-8,11-12H,3,9-10,13H2,1H3,(H,19,21). The Balaban J connectivity index is 1.94. The molecule has 0 bridgehead atoms. The summed E-state index contributed by atoms with van der Waals surface area (Å²) in [6, 6.07) is 11.6. The zero-order valence-corrected chi connectivity index (χ0v) is 16.0. The van der Waals surface area contributed by atoms with E-state index in [1.165, 1.54) is 27.8 Å². The number of benzene rings is 1. The number of thiophene rings is 1. The van der Waals surface area contributed by atoms with E-state index in [0.717, 1.165) is 4.88 Å². The van der Waals surface area contributed by atoms with Crippen LogP contribution in [0.2, 0.25) is 0 Å². The Morgan fingerprint density at radius 1 is 1.19 bits per heavy atom. The van der Waals surface area contributed by atoms with Gasteiger partial charge in [-0.15, -0.1) is 11.3 Å². The van der Waals surface area contributed by atoms with Gasteiger partial charge in [-0.05, 0) is 47.5 Å². The topological polar surface area (TPSA) is 79.5 Å². The lowest BCUT2D eigenvalue weighted by Gasteiger charge is -2.22. The molecule has 0 aliphatic rings. The summed E-state index contributed by atoms with van der Waals surface area (Å²) in [5.74, 6) is 0. The number of sulfonamides is 1. The quantitative estimate of drug-likeness (QED) is 0.598. The van der Waals surface area contributed by atoms with Gasteiger partial charge in [-0.2, -0.15) is 4.31 Å². The summed E-state index contributed by atoms with van der Waals surface area (Å²) in [5, 5.41) is 2.61. The molecule has 0 amide bonds. The van der Waals surface area contributed by atoms with Gasteiger partial charge >= 0.3 is 0 Å². The molecule has 0 spiro atoms. The van der Waals surface area contributed by atoms with E-state index in [1.807, 2.05) is 17.5 Å². The highest BCUT2D eigenvalue weighted by Crippen LogP contribution is 2.23. The number of nitrogens with zero attached hydrogens (tertiary/aromatic N) is 1. The number of nitrogens with one attached hydrogen (secondary N) is 1. The Kier molecular flexibility index (Phi) is 5.87. The molecule has 6 nitrogen and oxygen atoms in total. The van der Waals surface area contributed by atoms with Gasteiger partial charge in [-0.1, -0.05) is 6.07 Å². The molecule has 0 saturated heterocycles. The molecule has 2 heterocycles. The van der Waals surface area contributed by atoms with Crippen molar-refractivity contribution >= 4 is 32.3 Å². The van der Waals surface area contributed by atoms with Crippen molar-refractivity contribution in [3.05, 3.63) is 63.1 Å². The number of H-pyrrole nitrogens is 1. The summed E-state index contributed by atoms with van der Waals surface area (Å²) >= 11 is 1.53. The van der Waals surface area contributed by atoms with E-state index in [4.69, 9.17) is 4.74 Å². The Labute approximate surface area is 156 Å². The zero-order chi connectivity index (χ0) is 18.6. The SMILES string of the molecule is COCCCN(Cc1cccs1)S(=O)(=O)c1ccc2[nH]c(=O)ccc2c1. The summed E-state index contributed by atoms with van der Waals surface area (Å²) in [4.78, 5) is 15.3. The molecule has 0 fully saturated rings. The minimum atomic E-state index is -3.67. The van der Waals surface area contributed by atoms with Crippen molar-refractivity contribution in [1.82, 2.24) is 9.29 Å². The maximum atomic E-state index is 13.2. The van der Waals surface area contributed by atoms with Gasteiger partial charge in [0.2, 0.25) is 15.6 Å². The maximum Gasteiger partial charge on any atom is 0.248 e. The minimum absolute atomic E-state index is 0.214. The first-order chi connectivity index (χ1) is 12.5. The second-order valence-electron chi connectivity index (χ2n) is 5.84. The molecule has 0 atom stereocenters. The zero-order valence-electron chi connectivity index (χ0n) is 14.3. The molecule has 138 valence electrons. The van der Waals surface area contributed by atoms with Gasteiger partial charge in [0.1, 0.15) is 0 Å². The van der Waals surface area contributed by atoms with Crippen molar-refractivity contribution < 1.29 is 13.2 Å². The highest BCUT2D eigenvalue weighted by molar-refractivity contribution is 7.89. The first-order valence-electron chi connectivity index (χ1n) is 8.15. The molecule has 1 N–H and O–H groups in total. The Hall–Kier alpha value is -2.00. The van der Waals surface area contributed by atoms with E-state index in [9.17, 15) is 13.2 Å².